The lowest BCUT2D eigenvalue weighted by Gasteiger charge is -2.17. The molecule has 0 bridgehead atoms. The molecule has 78 valence electrons. The lowest BCUT2D eigenvalue weighted by Crippen LogP contribution is -2.42. The van der Waals surface area contributed by atoms with E-state index in [-0.39, 0.29) is 0 Å². The highest BCUT2D eigenvalue weighted by Gasteiger charge is 2.26. The highest BCUT2D eigenvalue weighted by atomic mass is 16.4. The Balaban J connectivity index is 2.86. The fraction of sp³-hybridized carbons (Fsp3) is 0.444. The van der Waals surface area contributed by atoms with E-state index in [1.807, 2.05) is 0 Å². The second-order valence-electron chi connectivity index (χ2n) is 3.08. The summed E-state index contributed by atoms with van der Waals surface area (Å²) < 4.78 is 5.30. The van der Waals surface area contributed by atoms with Gasteiger partial charge in [0, 0.05) is 0 Å². The Morgan fingerprint density at radius 1 is 1.64 bits per heavy atom. The van der Waals surface area contributed by atoms with E-state index in [1.165, 1.54) is 0 Å². The predicted molar refractivity (Wildman–Crippen MR) is 50.9 cm³/mol. The van der Waals surface area contributed by atoms with Gasteiger partial charge in [0.1, 0.15) is 17.6 Å². The third kappa shape index (κ3) is 2.12. The maximum absolute atomic E-state index is 10.7. The van der Waals surface area contributed by atoms with Crippen LogP contribution in [0.25, 0.3) is 0 Å². The zero-order chi connectivity index (χ0) is 10.7. The van der Waals surface area contributed by atoms with Crippen LogP contribution in [-0.4, -0.2) is 24.2 Å². The molecule has 0 radical (unpaired) electrons. The third-order valence-electron chi connectivity index (χ3n) is 2.02. The van der Waals surface area contributed by atoms with Crippen molar-refractivity contribution >= 4 is 5.97 Å². The van der Waals surface area contributed by atoms with Crippen LogP contribution in [0.1, 0.15) is 17.6 Å². The number of carboxylic acid groups (broad SMARTS) is 1. The number of nitrogens with two attached hydrogens (primary N) is 1. The number of furan rings is 1. The molecular weight excluding hydrogens is 184 g/mol. The van der Waals surface area contributed by atoms with Gasteiger partial charge >= 0.3 is 5.97 Å². The quantitative estimate of drug-likeness (QED) is 0.645. The number of likely N-dealkylation sites (N-methyl/N-ethyl adjacent to an activating group) is 1. The van der Waals surface area contributed by atoms with Crippen molar-refractivity contribution in [1.82, 2.24) is 5.32 Å². The van der Waals surface area contributed by atoms with Crippen LogP contribution < -0.4 is 11.1 Å². The van der Waals surface area contributed by atoms with Crippen molar-refractivity contribution in [3.8, 4) is 0 Å². The number of aliphatic carboxylic acids is 1. The molecule has 2 atom stereocenters. The first-order valence-corrected chi connectivity index (χ1v) is 4.28. The summed E-state index contributed by atoms with van der Waals surface area (Å²) >= 11 is 0. The highest BCUT2D eigenvalue weighted by molar-refractivity contribution is 5.74. The molecule has 0 amide bonds. The first kappa shape index (κ1) is 10.7. The molecular formula is C9H14N2O3. The minimum absolute atomic E-state index is 0.499. The first-order chi connectivity index (χ1) is 6.56. The van der Waals surface area contributed by atoms with E-state index in [9.17, 15) is 4.79 Å². The summed E-state index contributed by atoms with van der Waals surface area (Å²) in [4.78, 5) is 10.7. The normalized spacial score (nSPS) is 15.1. The monoisotopic (exact) mass is 198 g/mol. The Kier molecular flexibility index (Phi) is 3.27. The third-order valence-corrected chi connectivity index (χ3v) is 2.02. The molecule has 1 aromatic rings. The summed E-state index contributed by atoms with van der Waals surface area (Å²) in [7, 11) is 1.64. The van der Waals surface area contributed by atoms with Crippen LogP contribution in [0, 0.1) is 6.92 Å². The van der Waals surface area contributed by atoms with E-state index in [1.54, 1.807) is 26.1 Å². The first-order valence-electron chi connectivity index (χ1n) is 4.28. The second kappa shape index (κ2) is 4.26. The smallest absolute Gasteiger partial charge is 0.322 e. The van der Waals surface area contributed by atoms with Crippen LogP contribution in [0.15, 0.2) is 16.5 Å². The molecule has 0 fully saturated rings. The van der Waals surface area contributed by atoms with Gasteiger partial charge in [-0.05, 0) is 26.1 Å². The standard InChI is InChI=1S/C9H14N2O3/c1-5-3-4-6(14-5)8(11-2)7(10)9(12)13/h3-4,7-8,11H,10H2,1-2H3,(H,12,13). The molecule has 0 saturated carbocycles. The van der Waals surface area contributed by atoms with Crippen molar-refractivity contribution < 1.29 is 14.3 Å². The van der Waals surface area contributed by atoms with Gasteiger partial charge in [-0.3, -0.25) is 4.79 Å². The molecule has 0 saturated heterocycles. The number of carbonyl (C=O) groups is 1. The Bertz CT molecular complexity index is 322. The molecule has 1 rings (SSSR count). The summed E-state index contributed by atoms with van der Waals surface area (Å²) in [6.07, 6.45) is 0. The van der Waals surface area contributed by atoms with Gasteiger partial charge in [-0.1, -0.05) is 0 Å². The molecule has 2 unspecified atom stereocenters. The Morgan fingerprint density at radius 3 is 2.64 bits per heavy atom. The molecule has 1 aromatic heterocycles. The van der Waals surface area contributed by atoms with Gasteiger partial charge in [-0.15, -0.1) is 0 Å². The van der Waals surface area contributed by atoms with Crippen molar-refractivity contribution in [3.05, 3.63) is 23.7 Å². The van der Waals surface area contributed by atoms with E-state index >= 15 is 0 Å². The van der Waals surface area contributed by atoms with Gasteiger partial charge in [-0.25, -0.2) is 0 Å². The highest BCUT2D eigenvalue weighted by Crippen LogP contribution is 2.18. The number of aryl methyl sites for hydroxylation is 1. The Labute approximate surface area is 81.9 Å². The van der Waals surface area contributed by atoms with Crippen LogP contribution in [0.3, 0.4) is 0 Å². The SMILES string of the molecule is CNC(c1ccc(C)o1)C(N)C(=O)O. The molecule has 14 heavy (non-hydrogen) atoms. The van der Waals surface area contributed by atoms with Crippen LogP contribution >= 0.6 is 0 Å². The average Bonchev–Trinajstić information content (AvgIpc) is 2.53. The maximum atomic E-state index is 10.7. The summed E-state index contributed by atoms with van der Waals surface area (Å²) in [5, 5.41) is 11.6. The molecule has 0 aliphatic rings. The van der Waals surface area contributed by atoms with Crippen LogP contribution in [0.5, 0.6) is 0 Å². The lowest BCUT2D eigenvalue weighted by molar-refractivity contribution is -0.139. The minimum atomic E-state index is -1.06. The molecule has 0 aromatic carbocycles. The minimum Gasteiger partial charge on any atom is -0.480 e. The number of hydrogen-bond acceptors (Lipinski definition) is 4. The number of hydrogen-bond donors (Lipinski definition) is 3. The predicted octanol–water partition coefficient (Wildman–Crippen LogP) is 0.260. The lowest BCUT2D eigenvalue weighted by atomic mass is 10.1. The van der Waals surface area contributed by atoms with Gasteiger partial charge in [0.25, 0.3) is 0 Å². The number of nitrogens with one attached hydrogen (secondary N) is 1. The van der Waals surface area contributed by atoms with E-state index < -0.39 is 18.1 Å². The number of carboxylic acids is 1. The number of rotatable bonds is 4. The van der Waals surface area contributed by atoms with E-state index in [2.05, 4.69) is 5.32 Å². The van der Waals surface area contributed by atoms with Crippen molar-refractivity contribution in [2.24, 2.45) is 5.73 Å². The van der Waals surface area contributed by atoms with Crippen LogP contribution in [0.2, 0.25) is 0 Å². The van der Waals surface area contributed by atoms with Crippen molar-refractivity contribution in [2.75, 3.05) is 7.05 Å². The molecule has 0 aliphatic heterocycles. The summed E-state index contributed by atoms with van der Waals surface area (Å²) in [6, 6.07) is 1.99. The molecule has 5 heteroatoms. The average molecular weight is 198 g/mol. The van der Waals surface area contributed by atoms with E-state index in [0.717, 1.165) is 5.76 Å². The van der Waals surface area contributed by atoms with Gasteiger partial charge < -0.3 is 20.6 Å². The van der Waals surface area contributed by atoms with Crippen molar-refractivity contribution in [3.63, 3.8) is 0 Å². The summed E-state index contributed by atoms with van der Waals surface area (Å²) in [5.41, 5.74) is 5.49. The molecule has 5 nitrogen and oxygen atoms in total. The zero-order valence-electron chi connectivity index (χ0n) is 8.15. The van der Waals surface area contributed by atoms with E-state index in [0.29, 0.717) is 5.76 Å². The van der Waals surface area contributed by atoms with Crippen LogP contribution in [-0.2, 0) is 4.79 Å². The van der Waals surface area contributed by atoms with Gasteiger partial charge in [0.05, 0.1) is 6.04 Å². The Morgan fingerprint density at radius 2 is 2.29 bits per heavy atom. The van der Waals surface area contributed by atoms with Crippen LogP contribution in [0.4, 0.5) is 0 Å². The topological polar surface area (TPSA) is 88.5 Å². The molecule has 0 aliphatic carbocycles. The van der Waals surface area contributed by atoms with Crippen molar-refractivity contribution in [2.45, 2.75) is 19.0 Å². The molecule has 4 N–H and O–H groups in total. The van der Waals surface area contributed by atoms with Gasteiger partial charge in [0.2, 0.25) is 0 Å². The van der Waals surface area contributed by atoms with Gasteiger partial charge in [0.15, 0.2) is 0 Å². The molecule has 0 spiro atoms. The Hall–Kier alpha value is -1.33. The summed E-state index contributed by atoms with van der Waals surface area (Å²) in [5.74, 6) is 0.219. The van der Waals surface area contributed by atoms with Crippen molar-refractivity contribution in [1.29, 1.82) is 0 Å². The maximum Gasteiger partial charge on any atom is 0.322 e. The largest absolute Gasteiger partial charge is 0.480 e. The van der Waals surface area contributed by atoms with E-state index in [4.69, 9.17) is 15.3 Å². The van der Waals surface area contributed by atoms with Gasteiger partial charge in [-0.2, -0.15) is 0 Å². The fourth-order valence-corrected chi connectivity index (χ4v) is 1.26. The fourth-order valence-electron chi connectivity index (χ4n) is 1.26. The second-order valence-corrected chi connectivity index (χ2v) is 3.08. The molecule has 1 heterocycles. The zero-order valence-corrected chi connectivity index (χ0v) is 8.15. The summed E-state index contributed by atoms with van der Waals surface area (Å²) in [6.45, 7) is 1.79.